The van der Waals surface area contributed by atoms with Gasteiger partial charge in [0.1, 0.15) is 0 Å². The standard InChI is InChI=1S/CHO.H2O2S.Zn/c1-2;1-3-2;/h1H;1-2H;/q-1;;. The molecule has 0 aliphatic rings. The summed E-state index contributed by atoms with van der Waals surface area (Å²) in [6.07, 6.45) is 0. The number of rotatable bonds is 0. The van der Waals surface area contributed by atoms with Crippen LogP contribution < -0.4 is 0 Å². The summed E-state index contributed by atoms with van der Waals surface area (Å²) in [6, 6.07) is 0. The first kappa shape index (κ1) is 16.0. The molecule has 0 unspecified atom stereocenters. The second kappa shape index (κ2) is 47.4. The first-order valence-corrected chi connectivity index (χ1v) is 1.33. The van der Waals surface area contributed by atoms with Crippen molar-refractivity contribution in [3.05, 3.63) is 0 Å². The van der Waals surface area contributed by atoms with Gasteiger partial charge in [-0.15, -0.1) is 0 Å². The second-order valence-corrected chi connectivity index (χ2v) is 0.245. The van der Waals surface area contributed by atoms with Crippen molar-refractivity contribution in [2.45, 2.75) is 0 Å². The number of carbonyl (C=O) groups excluding carboxylic acids is 1. The molecule has 0 spiro atoms. The summed E-state index contributed by atoms with van der Waals surface area (Å²) >= 11 is -0.250. The summed E-state index contributed by atoms with van der Waals surface area (Å²) in [7, 11) is 0. The Morgan fingerprint density at radius 3 is 1.33 bits per heavy atom. The summed E-state index contributed by atoms with van der Waals surface area (Å²) in [5.74, 6) is 0. The normalized spacial score (nSPS) is 3.67. The Labute approximate surface area is 52.9 Å². The molecule has 0 aliphatic heterocycles. The molecular weight excluding hydrogens is 157 g/mol. The van der Waals surface area contributed by atoms with E-state index in [4.69, 9.17) is 13.9 Å². The van der Waals surface area contributed by atoms with Crippen LogP contribution in [0.3, 0.4) is 0 Å². The van der Waals surface area contributed by atoms with Crippen molar-refractivity contribution >= 4 is 19.1 Å². The topological polar surface area (TPSA) is 57.5 Å². The molecule has 6 heavy (non-hydrogen) atoms. The summed E-state index contributed by atoms with van der Waals surface area (Å²) in [5.41, 5.74) is 0. The summed E-state index contributed by atoms with van der Waals surface area (Å²) < 4.78 is 14.1. The van der Waals surface area contributed by atoms with E-state index in [1.165, 1.54) is 0 Å². The molecule has 0 aromatic heterocycles. The third kappa shape index (κ3) is 183. The zero-order valence-electron chi connectivity index (χ0n) is 3.00. The first-order chi connectivity index (χ1) is 2.41. The van der Waals surface area contributed by atoms with Crippen molar-refractivity contribution in [2.24, 2.45) is 0 Å². The molecule has 0 amide bonds. The Hall–Kier alpha value is 0.563. The fourth-order valence-electron chi connectivity index (χ4n) is 0. The summed E-state index contributed by atoms with van der Waals surface area (Å²) in [5, 5.41) is 0. The van der Waals surface area contributed by atoms with Crippen molar-refractivity contribution in [3.8, 4) is 0 Å². The van der Waals surface area contributed by atoms with Crippen LogP contribution in [-0.4, -0.2) is 15.9 Å². The third-order valence-electron chi connectivity index (χ3n) is 0. The zero-order chi connectivity index (χ0) is 4.71. The average molecular weight is 160 g/mol. The monoisotopic (exact) mass is 159 g/mol. The Kier molecular flexibility index (Phi) is 126. The molecule has 34 valence electrons. The maximum absolute atomic E-state index is 7.75. The maximum atomic E-state index is 7.75. The van der Waals surface area contributed by atoms with E-state index >= 15 is 0 Å². The van der Waals surface area contributed by atoms with Gasteiger partial charge >= 0.3 is 0 Å². The number of hydrogen-bond donors (Lipinski definition) is 2. The molecule has 0 aliphatic carbocycles. The van der Waals surface area contributed by atoms with Crippen LogP contribution in [0.15, 0.2) is 0 Å². The van der Waals surface area contributed by atoms with Crippen molar-refractivity contribution in [2.75, 3.05) is 0 Å². The van der Waals surface area contributed by atoms with E-state index in [-0.39, 0.29) is 31.8 Å². The minimum absolute atomic E-state index is 0. The van der Waals surface area contributed by atoms with Gasteiger partial charge in [0.2, 0.25) is 0 Å². The fraction of sp³-hybridized carbons (Fsp3) is 0. The van der Waals surface area contributed by atoms with Crippen LogP contribution >= 0.6 is 12.3 Å². The van der Waals surface area contributed by atoms with Crippen LogP contribution in [0.4, 0.5) is 0 Å². The minimum Gasteiger partial charge on any atom is -0.545 e. The first-order valence-electron chi connectivity index (χ1n) is 0.601. The molecule has 0 atom stereocenters. The fourth-order valence-corrected chi connectivity index (χ4v) is 0. The molecule has 0 aromatic rings. The Balaban J connectivity index is -0.0000000275. The van der Waals surface area contributed by atoms with Gasteiger partial charge in [0, 0.05) is 19.5 Å². The molecule has 0 fully saturated rings. The SMILES string of the molecule is OSO.[CH-]=O.[Zn]. The maximum Gasteiger partial charge on any atom is 0.152 e. The van der Waals surface area contributed by atoms with Gasteiger partial charge in [-0.3, -0.25) is 6.79 Å². The van der Waals surface area contributed by atoms with Crippen molar-refractivity contribution in [1.29, 1.82) is 0 Å². The largest absolute Gasteiger partial charge is 0.545 e. The molecule has 0 saturated heterocycles. The predicted octanol–water partition coefficient (Wildman–Crippen LogP) is 0.389. The smallest absolute Gasteiger partial charge is 0.152 e. The minimum atomic E-state index is -0.250. The number of hydrogen-bond acceptors (Lipinski definition) is 4. The van der Waals surface area contributed by atoms with E-state index in [0.717, 1.165) is 0 Å². The molecule has 0 saturated carbocycles. The van der Waals surface area contributed by atoms with Gasteiger partial charge < -0.3 is 13.9 Å². The van der Waals surface area contributed by atoms with E-state index in [2.05, 4.69) is 6.79 Å². The predicted molar refractivity (Wildman–Crippen MR) is 19.6 cm³/mol. The van der Waals surface area contributed by atoms with Gasteiger partial charge in [0.15, 0.2) is 12.3 Å². The molecule has 0 bridgehead atoms. The van der Waals surface area contributed by atoms with Crippen LogP contribution in [-0.2, 0) is 24.3 Å². The van der Waals surface area contributed by atoms with Gasteiger partial charge in [-0.2, -0.15) is 0 Å². The molecule has 2 N–H and O–H groups in total. The molecular formula is CH3O3SZn-. The van der Waals surface area contributed by atoms with E-state index in [1.54, 1.807) is 0 Å². The quantitative estimate of drug-likeness (QED) is 0.233. The van der Waals surface area contributed by atoms with Gasteiger partial charge in [-0.1, -0.05) is 0 Å². The molecule has 0 heterocycles. The van der Waals surface area contributed by atoms with Crippen molar-refractivity contribution in [3.63, 3.8) is 0 Å². The molecule has 3 nitrogen and oxygen atoms in total. The molecule has 0 rings (SSSR count). The van der Waals surface area contributed by atoms with E-state index in [9.17, 15) is 0 Å². The van der Waals surface area contributed by atoms with Crippen LogP contribution in [0, 0.1) is 0 Å². The van der Waals surface area contributed by atoms with Gasteiger partial charge in [0.05, 0.1) is 0 Å². The van der Waals surface area contributed by atoms with Crippen LogP contribution in [0.5, 0.6) is 0 Å². The van der Waals surface area contributed by atoms with Crippen LogP contribution in [0.1, 0.15) is 0 Å². The summed E-state index contributed by atoms with van der Waals surface area (Å²) in [4.78, 5) is 7.75. The van der Waals surface area contributed by atoms with Gasteiger partial charge in [-0.05, 0) is 0 Å². The second-order valence-electron chi connectivity index (χ2n) is 0.0816. The molecule has 0 aromatic carbocycles. The van der Waals surface area contributed by atoms with E-state index in [1.807, 2.05) is 0 Å². The third-order valence-corrected chi connectivity index (χ3v) is 0. The van der Waals surface area contributed by atoms with Crippen LogP contribution in [0.2, 0.25) is 0 Å². The molecule has 5 heteroatoms. The van der Waals surface area contributed by atoms with Gasteiger partial charge in [-0.25, -0.2) is 0 Å². The van der Waals surface area contributed by atoms with Crippen molar-refractivity contribution < 1.29 is 33.4 Å². The van der Waals surface area contributed by atoms with E-state index in [0.29, 0.717) is 0 Å². The Morgan fingerprint density at radius 2 is 1.33 bits per heavy atom. The Bertz CT molecular complexity index is 14.8. The Morgan fingerprint density at radius 1 is 1.33 bits per heavy atom. The average Bonchev–Trinajstić information content (AvgIpc) is 1.46. The van der Waals surface area contributed by atoms with Crippen molar-refractivity contribution in [1.82, 2.24) is 0 Å². The molecule has 0 radical (unpaired) electrons. The van der Waals surface area contributed by atoms with Crippen LogP contribution in [0.25, 0.3) is 0 Å². The summed E-state index contributed by atoms with van der Waals surface area (Å²) in [6.45, 7) is 3.25. The zero-order valence-corrected chi connectivity index (χ0v) is 6.78. The van der Waals surface area contributed by atoms with Gasteiger partial charge in [0.25, 0.3) is 0 Å². The van der Waals surface area contributed by atoms with E-state index < -0.39 is 0 Å².